The summed E-state index contributed by atoms with van der Waals surface area (Å²) >= 11 is 0. The van der Waals surface area contributed by atoms with Gasteiger partial charge in [-0.05, 0) is 45.0 Å². The van der Waals surface area contributed by atoms with Gasteiger partial charge in [0.25, 0.3) is 5.56 Å². The molecule has 1 saturated heterocycles. The number of aryl methyl sites for hydroxylation is 2. The quantitative estimate of drug-likeness (QED) is 0.508. The van der Waals surface area contributed by atoms with Crippen LogP contribution in [-0.2, 0) is 0 Å². The van der Waals surface area contributed by atoms with Crippen LogP contribution in [-0.4, -0.2) is 61.6 Å². The van der Waals surface area contributed by atoms with Crippen molar-refractivity contribution in [2.75, 3.05) is 37.6 Å². The van der Waals surface area contributed by atoms with Crippen LogP contribution in [0.3, 0.4) is 0 Å². The summed E-state index contributed by atoms with van der Waals surface area (Å²) in [6.45, 7) is 11.3. The SMILES string of the molecule is CCCN1CCN(c2ccc3nc(-c4cc5c(C)nc(C)cn5n4)cc(=O)n3c2)CC1. The van der Waals surface area contributed by atoms with Gasteiger partial charge in [-0.15, -0.1) is 0 Å². The minimum atomic E-state index is -0.102. The summed E-state index contributed by atoms with van der Waals surface area (Å²) in [4.78, 5) is 27.0. The second-order valence-electron chi connectivity index (χ2n) is 8.25. The minimum absolute atomic E-state index is 0.102. The summed E-state index contributed by atoms with van der Waals surface area (Å²) in [6.07, 6.45) is 4.97. The van der Waals surface area contributed by atoms with Crippen LogP contribution in [0.5, 0.6) is 0 Å². The third kappa shape index (κ3) is 3.67. The number of anilines is 1. The molecule has 4 aromatic rings. The summed E-state index contributed by atoms with van der Waals surface area (Å²) in [5, 5.41) is 4.62. The van der Waals surface area contributed by atoms with Crippen LogP contribution in [0.25, 0.3) is 22.6 Å². The van der Waals surface area contributed by atoms with Crippen LogP contribution in [0.15, 0.2) is 41.5 Å². The highest BCUT2D eigenvalue weighted by atomic mass is 16.1. The van der Waals surface area contributed by atoms with E-state index in [0.717, 1.165) is 55.3 Å². The zero-order chi connectivity index (χ0) is 21.5. The highest BCUT2D eigenvalue weighted by Crippen LogP contribution is 2.21. The lowest BCUT2D eigenvalue weighted by Gasteiger charge is -2.35. The molecule has 0 aliphatic carbocycles. The molecule has 1 aliphatic heterocycles. The van der Waals surface area contributed by atoms with E-state index in [4.69, 9.17) is 4.98 Å². The van der Waals surface area contributed by atoms with Gasteiger partial charge in [0.15, 0.2) is 0 Å². The number of hydrogen-bond donors (Lipinski definition) is 0. The summed E-state index contributed by atoms with van der Waals surface area (Å²) in [5.74, 6) is 0. The average Bonchev–Trinajstić information content (AvgIpc) is 3.19. The summed E-state index contributed by atoms with van der Waals surface area (Å²) in [5.41, 5.74) is 5.55. The first-order valence-electron chi connectivity index (χ1n) is 10.9. The number of nitrogens with zero attached hydrogens (tertiary/aromatic N) is 7. The lowest BCUT2D eigenvalue weighted by atomic mass is 10.2. The van der Waals surface area contributed by atoms with Crippen molar-refractivity contribution < 1.29 is 0 Å². The lowest BCUT2D eigenvalue weighted by Crippen LogP contribution is -2.46. The van der Waals surface area contributed by atoms with Crippen LogP contribution in [0, 0.1) is 13.8 Å². The van der Waals surface area contributed by atoms with Crippen molar-refractivity contribution in [3.05, 3.63) is 58.4 Å². The van der Waals surface area contributed by atoms with Gasteiger partial charge in [0.05, 0.1) is 34.5 Å². The van der Waals surface area contributed by atoms with E-state index in [1.54, 1.807) is 15.0 Å². The highest BCUT2D eigenvalue weighted by Gasteiger charge is 2.17. The Morgan fingerprint density at radius 2 is 1.77 bits per heavy atom. The predicted octanol–water partition coefficient (Wildman–Crippen LogP) is 2.55. The van der Waals surface area contributed by atoms with Gasteiger partial charge in [0, 0.05) is 38.4 Å². The normalized spacial score (nSPS) is 15.3. The van der Waals surface area contributed by atoms with Gasteiger partial charge in [-0.1, -0.05) is 6.92 Å². The van der Waals surface area contributed by atoms with E-state index in [0.29, 0.717) is 17.0 Å². The van der Waals surface area contributed by atoms with Gasteiger partial charge in [0.2, 0.25) is 0 Å². The molecule has 4 aromatic heterocycles. The zero-order valence-corrected chi connectivity index (χ0v) is 18.2. The van der Waals surface area contributed by atoms with Crippen molar-refractivity contribution in [2.45, 2.75) is 27.2 Å². The fourth-order valence-electron chi connectivity index (χ4n) is 4.37. The van der Waals surface area contributed by atoms with E-state index >= 15 is 0 Å². The van der Waals surface area contributed by atoms with E-state index in [9.17, 15) is 4.79 Å². The molecule has 8 heteroatoms. The Bertz CT molecular complexity index is 1310. The molecule has 0 atom stereocenters. The van der Waals surface area contributed by atoms with E-state index < -0.39 is 0 Å². The molecule has 0 spiro atoms. The Hall–Kier alpha value is -3.26. The molecule has 5 heterocycles. The first kappa shape index (κ1) is 19.7. The van der Waals surface area contributed by atoms with Crippen LogP contribution < -0.4 is 10.5 Å². The van der Waals surface area contributed by atoms with Crippen molar-refractivity contribution in [1.29, 1.82) is 0 Å². The first-order valence-corrected chi connectivity index (χ1v) is 10.9. The van der Waals surface area contributed by atoms with Gasteiger partial charge in [-0.2, -0.15) is 5.10 Å². The average molecular weight is 418 g/mol. The second kappa shape index (κ2) is 7.77. The number of aromatic nitrogens is 5. The largest absolute Gasteiger partial charge is 0.368 e. The number of fused-ring (bicyclic) bond motifs is 2. The predicted molar refractivity (Wildman–Crippen MR) is 122 cm³/mol. The highest BCUT2D eigenvalue weighted by molar-refractivity contribution is 5.66. The maximum Gasteiger partial charge on any atom is 0.258 e. The van der Waals surface area contributed by atoms with Crippen molar-refractivity contribution in [1.82, 2.24) is 28.9 Å². The molecule has 5 rings (SSSR count). The molecule has 1 aliphatic rings. The smallest absolute Gasteiger partial charge is 0.258 e. The molecule has 0 N–H and O–H groups in total. The third-order valence-corrected chi connectivity index (χ3v) is 5.94. The van der Waals surface area contributed by atoms with Crippen molar-refractivity contribution in [3.8, 4) is 11.4 Å². The molecule has 1 fully saturated rings. The van der Waals surface area contributed by atoms with Gasteiger partial charge < -0.3 is 4.90 Å². The van der Waals surface area contributed by atoms with E-state index in [-0.39, 0.29) is 5.56 Å². The molecule has 0 bridgehead atoms. The molecular formula is C23H27N7O. The van der Waals surface area contributed by atoms with Crippen molar-refractivity contribution in [2.24, 2.45) is 0 Å². The Kier molecular flexibility index (Phi) is 4.94. The van der Waals surface area contributed by atoms with Crippen LogP contribution in [0.2, 0.25) is 0 Å². The molecule has 31 heavy (non-hydrogen) atoms. The Morgan fingerprint density at radius 1 is 0.968 bits per heavy atom. The van der Waals surface area contributed by atoms with Gasteiger partial charge >= 0.3 is 0 Å². The minimum Gasteiger partial charge on any atom is -0.368 e. The number of pyridine rings is 1. The number of hydrogen-bond acceptors (Lipinski definition) is 6. The van der Waals surface area contributed by atoms with Crippen LogP contribution >= 0.6 is 0 Å². The summed E-state index contributed by atoms with van der Waals surface area (Å²) < 4.78 is 3.43. The number of piperazine rings is 1. The Labute approximate surface area is 180 Å². The van der Waals surface area contributed by atoms with Crippen LogP contribution in [0.4, 0.5) is 5.69 Å². The van der Waals surface area contributed by atoms with Gasteiger partial charge in [-0.3, -0.25) is 19.1 Å². The van der Waals surface area contributed by atoms with E-state index in [2.05, 4.69) is 32.9 Å². The van der Waals surface area contributed by atoms with Crippen molar-refractivity contribution >= 4 is 16.9 Å². The number of rotatable bonds is 4. The Morgan fingerprint density at radius 3 is 2.55 bits per heavy atom. The maximum atomic E-state index is 12.9. The second-order valence-corrected chi connectivity index (χ2v) is 8.25. The third-order valence-electron chi connectivity index (χ3n) is 5.94. The topological polar surface area (TPSA) is 71.0 Å². The molecule has 160 valence electrons. The van der Waals surface area contributed by atoms with Crippen LogP contribution in [0.1, 0.15) is 24.7 Å². The zero-order valence-electron chi connectivity index (χ0n) is 18.2. The summed E-state index contributed by atoms with van der Waals surface area (Å²) in [7, 11) is 0. The molecular weight excluding hydrogens is 390 g/mol. The van der Waals surface area contributed by atoms with Gasteiger partial charge in [-0.25, -0.2) is 9.50 Å². The first-order chi connectivity index (χ1) is 15.0. The van der Waals surface area contributed by atoms with Gasteiger partial charge in [0.1, 0.15) is 11.3 Å². The fourth-order valence-corrected chi connectivity index (χ4v) is 4.37. The standard InChI is InChI=1S/C23H27N7O/c1-4-7-27-8-10-28(11-9-27)18-5-6-22-25-19(13-23(31)29(22)15-18)20-12-21-17(3)24-16(2)14-30(21)26-20/h5-6,12-15H,4,7-11H2,1-3H3. The van der Waals surface area contributed by atoms with E-state index in [1.807, 2.05) is 38.4 Å². The maximum absolute atomic E-state index is 12.9. The molecule has 0 saturated carbocycles. The Balaban J connectivity index is 1.48. The summed E-state index contributed by atoms with van der Waals surface area (Å²) in [6, 6.07) is 7.48. The monoisotopic (exact) mass is 417 g/mol. The van der Waals surface area contributed by atoms with E-state index in [1.165, 1.54) is 6.42 Å². The molecule has 0 aromatic carbocycles. The van der Waals surface area contributed by atoms with Crippen molar-refractivity contribution in [3.63, 3.8) is 0 Å². The molecule has 0 radical (unpaired) electrons. The molecule has 8 nitrogen and oxygen atoms in total. The molecule has 0 unspecified atom stereocenters. The lowest BCUT2D eigenvalue weighted by molar-refractivity contribution is 0.258. The fraction of sp³-hybridized carbons (Fsp3) is 0.391. The molecule has 0 amide bonds.